The molecule has 0 aliphatic heterocycles. The van der Waals surface area contributed by atoms with E-state index in [-0.39, 0.29) is 12.6 Å². The molecule has 0 fully saturated rings. The van der Waals surface area contributed by atoms with E-state index in [2.05, 4.69) is 10.8 Å². The van der Waals surface area contributed by atoms with Crippen molar-refractivity contribution in [2.24, 2.45) is 0 Å². The molecule has 69 valence electrons. The van der Waals surface area contributed by atoms with Gasteiger partial charge in [-0.15, -0.1) is 0 Å². The fourth-order valence-electron chi connectivity index (χ4n) is 0.804. The zero-order valence-corrected chi connectivity index (χ0v) is 7.45. The van der Waals surface area contributed by atoms with Crippen molar-refractivity contribution >= 4 is 5.97 Å². The zero-order valence-electron chi connectivity index (χ0n) is 7.45. The summed E-state index contributed by atoms with van der Waals surface area (Å²) in [7, 11) is 0. The Hall–Kier alpha value is -1.51. The summed E-state index contributed by atoms with van der Waals surface area (Å²) in [6.07, 6.45) is 0. The number of esters is 1. The molecule has 0 heterocycles. The van der Waals surface area contributed by atoms with Crippen molar-refractivity contribution < 1.29 is 14.3 Å². The maximum atomic E-state index is 10.4. The van der Waals surface area contributed by atoms with Crippen molar-refractivity contribution in [1.29, 1.82) is 0 Å². The van der Waals surface area contributed by atoms with Crippen LogP contribution < -0.4 is 4.74 Å². The Morgan fingerprint density at radius 3 is 2.92 bits per heavy atom. The molecule has 3 nitrogen and oxygen atoms in total. The molecule has 13 heavy (non-hydrogen) atoms. The molecule has 1 aromatic rings. The van der Waals surface area contributed by atoms with Gasteiger partial charge in [-0.05, 0) is 6.07 Å². The van der Waals surface area contributed by atoms with Crippen LogP contribution in [0.4, 0.5) is 0 Å². The van der Waals surface area contributed by atoms with Crippen LogP contribution in [0.25, 0.3) is 0 Å². The Bertz CT molecular complexity index is 256. The van der Waals surface area contributed by atoms with Crippen LogP contribution in [0.1, 0.15) is 6.92 Å². The zero-order chi connectivity index (χ0) is 9.52. The summed E-state index contributed by atoms with van der Waals surface area (Å²) in [5.41, 5.74) is 0. The van der Waals surface area contributed by atoms with Crippen LogP contribution in [0.3, 0.4) is 0 Å². The largest absolute Gasteiger partial charge is 0.489 e. The molecule has 0 bridgehead atoms. The highest BCUT2D eigenvalue weighted by atomic mass is 16.6. The lowest BCUT2D eigenvalue weighted by Crippen LogP contribution is -2.09. The quantitative estimate of drug-likeness (QED) is 0.518. The average molecular weight is 179 g/mol. The minimum Gasteiger partial charge on any atom is -0.489 e. The summed E-state index contributed by atoms with van der Waals surface area (Å²) in [6.45, 7) is 2.01. The third-order valence-electron chi connectivity index (χ3n) is 1.33. The van der Waals surface area contributed by atoms with E-state index in [0.29, 0.717) is 12.4 Å². The van der Waals surface area contributed by atoms with Gasteiger partial charge in [-0.2, -0.15) is 0 Å². The number of carbonyl (C=O) groups excluding carboxylic acids is 1. The molecule has 1 radical (unpaired) electrons. The van der Waals surface area contributed by atoms with Gasteiger partial charge in [-0.1, -0.05) is 18.2 Å². The van der Waals surface area contributed by atoms with Crippen LogP contribution in [-0.4, -0.2) is 19.2 Å². The van der Waals surface area contributed by atoms with Crippen LogP contribution in [0.2, 0.25) is 0 Å². The first kappa shape index (κ1) is 9.58. The minimum atomic E-state index is -0.291. The maximum absolute atomic E-state index is 10.4. The monoisotopic (exact) mass is 179 g/mol. The predicted octanol–water partition coefficient (Wildman–Crippen LogP) is 1.43. The molecule has 1 rings (SSSR count). The van der Waals surface area contributed by atoms with Crippen molar-refractivity contribution in [3.05, 3.63) is 30.3 Å². The first-order valence-electron chi connectivity index (χ1n) is 4.02. The van der Waals surface area contributed by atoms with Gasteiger partial charge in [0, 0.05) is 13.0 Å². The number of carbonyl (C=O) groups is 1. The minimum absolute atomic E-state index is 0.276. The molecule has 0 aliphatic carbocycles. The van der Waals surface area contributed by atoms with Crippen LogP contribution in [-0.2, 0) is 9.53 Å². The number of rotatable bonds is 4. The van der Waals surface area contributed by atoms with Crippen LogP contribution in [0.5, 0.6) is 5.75 Å². The SMILES string of the molecule is CC(=O)OCCOc1[c]cccc1. The van der Waals surface area contributed by atoms with E-state index < -0.39 is 0 Å². The maximum Gasteiger partial charge on any atom is 0.302 e. The summed E-state index contributed by atoms with van der Waals surface area (Å²) in [4.78, 5) is 10.4. The van der Waals surface area contributed by atoms with Crippen molar-refractivity contribution in [2.75, 3.05) is 13.2 Å². The highest BCUT2D eigenvalue weighted by Gasteiger charge is 1.94. The molecule has 0 aliphatic rings. The van der Waals surface area contributed by atoms with Gasteiger partial charge in [0.05, 0.1) is 0 Å². The Morgan fingerprint density at radius 1 is 1.46 bits per heavy atom. The van der Waals surface area contributed by atoms with E-state index in [4.69, 9.17) is 4.74 Å². The summed E-state index contributed by atoms with van der Waals surface area (Å²) in [5.74, 6) is 0.371. The molecule has 3 heteroatoms. The third kappa shape index (κ3) is 4.15. The Labute approximate surface area is 77.3 Å². The molecule has 0 amide bonds. The van der Waals surface area contributed by atoms with E-state index in [1.807, 2.05) is 12.1 Å². The highest BCUT2D eigenvalue weighted by molar-refractivity contribution is 5.65. The topological polar surface area (TPSA) is 35.5 Å². The Kier molecular flexibility index (Phi) is 3.82. The molecule has 1 aromatic carbocycles. The Morgan fingerprint density at radius 2 is 2.31 bits per heavy atom. The van der Waals surface area contributed by atoms with Crippen LogP contribution in [0, 0.1) is 6.07 Å². The fraction of sp³-hybridized carbons (Fsp3) is 0.300. The molecule has 0 unspecified atom stereocenters. The summed E-state index contributed by atoms with van der Waals surface area (Å²) in [6, 6.07) is 10.2. The van der Waals surface area contributed by atoms with Crippen molar-refractivity contribution in [3.63, 3.8) is 0 Å². The average Bonchev–Trinajstić information content (AvgIpc) is 2.14. The van der Waals surface area contributed by atoms with Crippen molar-refractivity contribution in [2.45, 2.75) is 6.92 Å². The van der Waals surface area contributed by atoms with Gasteiger partial charge in [0.25, 0.3) is 0 Å². The van der Waals surface area contributed by atoms with E-state index in [1.54, 1.807) is 12.1 Å². The standard InChI is InChI=1S/C10H11O3/c1-9(11)12-7-8-13-10-5-3-2-4-6-10/h2-5H,7-8H2,1H3. The third-order valence-corrected chi connectivity index (χ3v) is 1.33. The molecule has 0 aromatic heterocycles. The van der Waals surface area contributed by atoms with Gasteiger partial charge in [0.15, 0.2) is 0 Å². The number of hydrogen-bond donors (Lipinski definition) is 0. The van der Waals surface area contributed by atoms with E-state index >= 15 is 0 Å². The summed E-state index contributed by atoms with van der Waals surface area (Å²) in [5, 5.41) is 0. The summed E-state index contributed by atoms with van der Waals surface area (Å²) < 4.78 is 9.91. The normalized spacial score (nSPS) is 9.31. The number of ether oxygens (including phenoxy) is 2. The molecular weight excluding hydrogens is 168 g/mol. The van der Waals surface area contributed by atoms with Crippen LogP contribution in [0.15, 0.2) is 24.3 Å². The van der Waals surface area contributed by atoms with Gasteiger partial charge >= 0.3 is 5.97 Å². The highest BCUT2D eigenvalue weighted by Crippen LogP contribution is 2.06. The second kappa shape index (κ2) is 5.19. The second-order valence-corrected chi connectivity index (χ2v) is 2.42. The number of benzene rings is 1. The van der Waals surface area contributed by atoms with Crippen LogP contribution >= 0.6 is 0 Å². The first-order valence-corrected chi connectivity index (χ1v) is 4.02. The molecule has 0 saturated heterocycles. The lowest BCUT2D eigenvalue weighted by molar-refractivity contribution is -0.141. The van der Waals surface area contributed by atoms with E-state index in [9.17, 15) is 4.79 Å². The summed E-state index contributed by atoms with van der Waals surface area (Å²) >= 11 is 0. The van der Waals surface area contributed by atoms with Gasteiger partial charge in [-0.3, -0.25) is 4.79 Å². The lowest BCUT2D eigenvalue weighted by atomic mass is 10.3. The Balaban J connectivity index is 2.17. The number of hydrogen-bond acceptors (Lipinski definition) is 3. The van der Waals surface area contributed by atoms with Crippen molar-refractivity contribution in [1.82, 2.24) is 0 Å². The molecule has 0 N–H and O–H groups in total. The smallest absolute Gasteiger partial charge is 0.302 e. The van der Waals surface area contributed by atoms with Gasteiger partial charge in [0.2, 0.25) is 0 Å². The second-order valence-electron chi connectivity index (χ2n) is 2.42. The van der Waals surface area contributed by atoms with E-state index in [1.165, 1.54) is 6.92 Å². The van der Waals surface area contributed by atoms with E-state index in [0.717, 1.165) is 0 Å². The fourth-order valence-corrected chi connectivity index (χ4v) is 0.804. The predicted molar refractivity (Wildman–Crippen MR) is 47.4 cm³/mol. The van der Waals surface area contributed by atoms with Crippen molar-refractivity contribution in [3.8, 4) is 5.75 Å². The van der Waals surface area contributed by atoms with Gasteiger partial charge in [-0.25, -0.2) is 0 Å². The lowest BCUT2D eigenvalue weighted by Gasteiger charge is -2.04. The molecular formula is C10H11O3. The number of para-hydroxylation sites is 1. The first-order chi connectivity index (χ1) is 6.29. The molecule has 0 saturated carbocycles. The molecule has 0 spiro atoms. The van der Waals surface area contributed by atoms with Gasteiger partial charge in [0.1, 0.15) is 19.0 Å². The van der Waals surface area contributed by atoms with Gasteiger partial charge < -0.3 is 9.47 Å². The molecule has 0 atom stereocenters.